The molecule has 2 N–H and O–H groups in total. The van der Waals surface area contributed by atoms with Crippen LogP contribution in [0, 0.1) is 11.6 Å². The SMILES string of the molecule is Fc1c(Nc2ncnc3ccc(O[C@H]4CCNC4)nc23)ccc(OC[C@H]2CCCO2)c1F. The largest absolute Gasteiger partial charge is 0.488 e. The van der Waals surface area contributed by atoms with Gasteiger partial charge < -0.3 is 24.8 Å². The van der Waals surface area contributed by atoms with Gasteiger partial charge in [0.05, 0.1) is 17.3 Å². The Morgan fingerprint density at radius 3 is 2.88 bits per heavy atom. The predicted molar refractivity (Wildman–Crippen MR) is 113 cm³/mol. The molecule has 2 fully saturated rings. The van der Waals surface area contributed by atoms with Crippen molar-refractivity contribution in [2.24, 2.45) is 0 Å². The van der Waals surface area contributed by atoms with Crippen molar-refractivity contribution in [3.8, 4) is 11.6 Å². The van der Waals surface area contributed by atoms with E-state index in [2.05, 4.69) is 25.6 Å². The fourth-order valence-electron chi connectivity index (χ4n) is 3.80. The van der Waals surface area contributed by atoms with E-state index in [1.807, 2.05) is 0 Å². The summed E-state index contributed by atoms with van der Waals surface area (Å²) in [7, 11) is 0. The molecule has 2 atom stereocenters. The lowest BCUT2D eigenvalue weighted by atomic mass is 10.2. The van der Waals surface area contributed by atoms with Crippen molar-refractivity contribution in [2.75, 3.05) is 31.6 Å². The van der Waals surface area contributed by atoms with Gasteiger partial charge >= 0.3 is 0 Å². The minimum Gasteiger partial charge on any atom is -0.488 e. The van der Waals surface area contributed by atoms with Crippen LogP contribution in [-0.4, -0.2) is 53.5 Å². The van der Waals surface area contributed by atoms with Crippen LogP contribution in [0.3, 0.4) is 0 Å². The van der Waals surface area contributed by atoms with Crippen molar-refractivity contribution < 1.29 is 23.0 Å². The molecule has 168 valence electrons. The molecule has 0 saturated carbocycles. The van der Waals surface area contributed by atoms with Crippen LogP contribution in [0.25, 0.3) is 11.0 Å². The molecular weight excluding hydrogens is 420 g/mol. The number of fused-ring (bicyclic) bond motifs is 1. The van der Waals surface area contributed by atoms with E-state index in [0.717, 1.165) is 32.4 Å². The molecule has 0 bridgehead atoms. The average Bonchev–Trinajstić information content (AvgIpc) is 3.51. The molecular formula is C22H23F2N5O3. The maximum absolute atomic E-state index is 14.8. The fraction of sp³-hybridized carbons (Fsp3) is 0.409. The molecule has 2 aliphatic rings. The highest BCUT2D eigenvalue weighted by molar-refractivity contribution is 5.87. The molecule has 10 heteroatoms. The van der Waals surface area contributed by atoms with Crippen LogP contribution in [-0.2, 0) is 4.74 Å². The van der Waals surface area contributed by atoms with E-state index in [-0.39, 0.29) is 36.1 Å². The molecule has 8 nitrogen and oxygen atoms in total. The van der Waals surface area contributed by atoms with Crippen molar-refractivity contribution in [1.82, 2.24) is 20.3 Å². The summed E-state index contributed by atoms with van der Waals surface area (Å²) in [5.41, 5.74) is 0.867. The zero-order valence-corrected chi connectivity index (χ0v) is 17.3. The van der Waals surface area contributed by atoms with Crippen LogP contribution < -0.4 is 20.1 Å². The Morgan fingerprint density at radius 2 is 2.06 bits per heavy atom. The number of rotatable bonds is 7. The fourth-order valence-corrected chi connectivity index (χ4v) is 3.80. The van der Waals surface area contributed by atoms with Crippen LogP contribution >= 0.6 is 0 Å². The summed E-state index contributed by atoms with van der Waals surface area (Å²) in [6, 6.07) is 6.28. The van der Waals surface area contributed by atoms with Gasteiger partial charge in [-0.1, -0.05) is 0 Å². The Labute approximate surface area is 183 Å². The monoisotopic (exact) mass is 443 g/mol. The number of nitrogens with zero attached hydrogens (tertiary/aromatic N) is 3. The topological polar surface area (TPSA) is 90.4 Å². The van der Waals surface area contributed by atoms with Gasteiger partial charge in [-0.15, -0.1) is 0 Å². The Balaban J connectivity index is 1.36. The number of ether oxygens (including phenoxy) is 3. The molecule has 5 rings (SSSR count). The lowest BCUT2D eigenvalue weighted by Crippen LogP contribution is -2.20. The minimum absolute atomic E-state index is 0.0368. The van der Waals surface area contributed by atoms with E-state index in [1.165, 1.54) is 18.5 Å². The van der Waals surface area contributed by atoms with E-state index in [1.54, 1.807) is 12.1 Å². The molecule has 2 saturated heterocycles. The molecule has 0 amide bonds. The van der Waals surface area contributed by atoms with Gasteiger partial charge in [-0.25, -0.2) is 19.3 Å². The number of hydrogen-bond donors (Lipinski definition) is 2. The van der Waals surface area contributed by atoms with Gasteiger partial charge in [0.2, 0.25) is 11.7 Å². The maximum atomic E-state index is 14.8. The van der Waals surface area contributed by atoms with Gasteiger partial charge in [0, 0.05) is 19.2 Å². The third-order valence-corrected chi connectivity index (χ3v) is 5.51. The van der Waals surface area contributed by atoms with Crippen molar-refractivity contribution in [3.05, 3.63) is 42.2 Å². The summed E-state index contributed by atoms with van der Waals surface area (Å²) in [4.78, 5) is 12.8. The van der Waals surface area contributed by atoms with Gasteiger partial charge in [0.15, 0.2) is 17.4 Å². The average molecular weight is 443 g/mol. The molecule has 32 heavy (non-hydrogen) atoms. The second-order valence-corrected chi connectivity index (χ2v) is 7.78. The van der Waals surface area contributed by atoms with Crippen LogP contribution in [0.1, 0.15) is 19.3 Å². The molecule has 0 spiro atoms. The smallest absolute Gasteiger partial charge is 0.214 e. The molecule has 2 aromatic heterocycles. The first-order valence-electron chi connectivity index (χ1n) is 10.7. The van der Waals surface area contributed by atoms with E-state index in [0.29, 0.717) is 23.5 Å². The van der Waals surface area contributed by atoms with Gasteiger partial charge in [0.1, 0.15) is 24.6 Å². The van der Waals surface area contributed by atoms with Crippen LogP contribution in [0.4, 0.5) is 20.3 Å². The second-order valence-electron chi connectivity index (χ2n) is 7.78. The summed E-state index contributed by atoms with van der Waals surface area (Å²) in [6.45, 7) is 2.50. The first kappa shape index (κ1) is 20.8. The first-order chi connectivity index (χ1) is 15.7. The standard InChI is InChI=1S/C22H23F2N5O3/c23-19-15(3-5-17(20(19)24)31-11-14-2-1-9-30-14)28-22-21-16(26-12-27-22)4-6-18(29-21)32-13-7-8-25-10-13/h3-6,12-14,25H,1-2,7-11H2,(H,26,27,28)/t13-,14+/m0/s1. The third kappa shape index (κ3) is 4.42. The Morgan fingerprint density at radius 1 is 1.12 bits per heavy atom. The molecule has 0 unspecified atom stereocenters. The van der Waals surface area contributed by atoms with E-state index < -0.39 is 11.6 Å². The highest BCUT2D eigenvalue weighted by Crippen LogP contribution is 2.30. The van der Waals surface area contributed by atoms with Gasteiger partial charge in [-0.3, -0.25) is 0 Å². The molecule has 1 aromatic carbocycles. The van der Waals surface area contributed by atoms with Crippen molar-refractivity contribution in [2.45, 2.75) is 31.5 Å². The third-order valence-electron chi connectivity index (χ3n) is 5.51. The number of pyridine rings is 1. The molecule has 4 heterocycles. The summed E-state index contributed by atoms with van der Waals surface area (Å²) in [5, 5.41) is 6.05. The van der Waals surface area contributed by atoms with Crippen molar-refractivity contribution >= 4 is 22.5 Å². The van der Waals surface area contributed by atoms with Crippen LogP contribution in [0.5, 0.6) is 11.6 Å². The Hall–Kier alpha value is -3.11. The number of halogens is 2. The quantitative estimate of drug-likeness (QED) is 0.575. The van der Waals surface area contributed by atoms with Gasteiger partial charge in [-0.05, 0) is 44.0 Å². The number of benzene rings is 1. The lowest BCUT2D eigenvalue weighted by molar-refractivity contribution is 0.0663. The summed E-state index contributed by atoms with van der Waals surface area (Å²) in [5.74, 6) is -1.62. The predicted octanol–water partition coefficient (Wildman–Crippen LogP) is 3.35. The first-order valence-corrected chi connectivity index (χ1v) is 10.7. The number of anilines is 2. The highest BCUT2D eigenvalue weighted by atomic mass is 19.2. The normalized spacial score (nSPS) is 20.6. The number of hydrogen-bond acceptors (Lipinski definition) is 8. The molecule has 0 aliphatic carbocycles. The molecule has 2 aliphatic heterocycles. The van der Waals surface area contributed by atoms with E-state index in [4.69, 9.17) is 14.2 Å². The summed E-state index contributed by atoms with van der Waals surface area (Å²) < 4.78 is 46.1. The van der Waals surface area contributed by atoms with Crippen molar-refractivity contribution in [3.63, 3.8) is 0 Å². The van der Waals surface area contributed by atoms with Crippen molar-refractivity contribution in [1.29, 1.82) is 0 Å². The molecule has 3 aromatic rings. The van der Waals surface area contributed by atoms with Crippen LogP contribution in [0.15, 0.2) is 30.6 Å². The van der Waals surface area contributed by atoms with E-state index >= 15 is 0 Å². The number of nitrogens with one attached hydrogen (secondary N) is 2. The van der Waals surface area contributed by atoms with E-state index in [9.17, 15) is 8.78 Å². The zero-order valence-electron chi connectivity index (χ0n) is 17.3. The zero-order chi connectivity index (χ0) is 21.9. The lowest BCUT2D eigenvalue weighted by Gasteiger charge is -2.15. The minimum atomic E-state index is -1.07. The van der Waals surface area contributed by atoms with Gasteiger partial charge in [-0.2, -0.15) is 4.39 Å². The number of aromatic nitrogens is 3. The highest BCUT2D eigenvalue weighted by Gasteiger charge is 2.21. The second kappa shape index (κ2) is 9.17. The maximum Gasteiger partial charge on any atom is 0.214 e. The van der Waals surface area contributed by atoms with Gasteiger partial charge in [0.25, 0.3) is 0 Å². The Bertz CT molecular complexity index is 1100. The molecule has 0 radical (unpaired) electrons. The summed E-state index contributed by atoms with van der Waals surface area (Å²) >= 11 is 0. The summed E-state index contributed by atoms with van der Waals surface area (Å²) in [6.07, 6.45) is 3.96. The Kier molecular flexibility index (Phi) is 5.95. The van der Waals surface area contributed by atoms with Crippen LogP contribution in [0.2, 0.25) is 0 Å².